The van der Waals surface area contributed by atoms with Crippen LogP contribution in [0.3, 0.4) is 0 Å². The van der Waals surface area contributed by atoms with Gasteiger partial charge in [0, 0.05) is 18.3 Å². The maximum Gasteiger partial charge on any atom is 0.0315 e. The van der Waals surface area contributed by atoms with E-state index in [1.807, 2.05) is 0 Å². The van der Waals surface area contributed by atoms with Gasteiger partial charge in [-0.3, -0.25) is 0 Å². The first kappa shape index (κ1) is 11.0. The van der Waals surface area contributed by atoms with Gasteiger partial charge in [-0.1, -0.05) is 32.8 Å². The van der Waals surface area contributed by atoms with Crippen LogP contribution in [0, 0.1) is 5.92 Å². The third-order valence-corrected chi connectivity index (χ3v) is 4.23. The number of allylic oxidation sites excluding steroid dienone is 1. The zero-order chi connectivity index (χ0) is 10.7. The van der Waals surface area contributed by atoms with Crippen LogP contribution < -0.4 is 0 Å². The van der Waals surface area contributed by atoms with E-state index in [0.717, 1.165) is 12.0 Å². The van der Waals surface area contributed by atoms with Crippen LogP contribution in [0.15, 0.2) is 12.3 Å². The van der Waals surface area contributed by atoms with E-state index in [2.05, 4.69) is 18.4 Å². The van der Waals surface area contributed by atoms with Gasteiger partial charge < -0.3 is 4.90 Å². The highest BCUT2D eigenvalue weighted by Gasteiger charge is 2.33. The predicted molar refractivity (Wildman–Crippen MR) is 65.7 cm³/mol. The van der Waals surface area contributed by atoms with Gasteiger partial charge >= 0.3 is 0 Å². The van der Waals surface area contributed by atoms with Crippen LogP contribution >= 0.6 is 0 Å². The Bertz CT molecular complexity index is 221. The number of rotatable bonds is 3. The standard InChI is InChI=1S/C14H25N/c1-3-4-11-15-12(2)9-10-13-7-5-6-8-14(13)15/h13-14H,2-11H2,1H3. The molecule has 2 atom stereocenters. The average Bonchev–Trinajstić information content (AvgIpc) is 2.28. The highest BCUT2D eigenvalue weighted by molar-refractivity contribution is 5.04. The second kappa shape index (κ2) is 5.05. The minimum absolute atomic E-state index is 0.853. The molecule has 1 heteroatoms. The van der Waals surface area contributed by atoms with Gasteiger partial charge in [-0.25, -0.2) is 0 Å². The molecule has 0 aromatic carbocycles. The van der Waals surface area contributed by atoms with Crippen LogP contribution in [0.1, 0.15) is 58.3 Å². The van der Waals surface area contributed by atoms with Gasteiger partial charge in [-0.15, -0.1) is 0 Å². The van der Waals surface area contributed by atoms with Crippen molar-refractivity contribution >= 4 is 0 Å². The molecular weight excluding hydrogens is 182 g/mol. The van der Waals surface area contributed by atoms with E-state index in [-0.39, 0.29) is 0 Å². The molecule has 1 aliphatic heterocycles. The van der Waals surface area contributed by atoms with Crippen molar-refractivity contribution in [1.82, 2.24) is 4.90 Å². The number of nitrogens with zero attached hydrogens (tertiary/aromatic N) is 1. The van der Waals surface area contributed by atoms with Gasteiger partial charge in [0.25, 0.3) is 0 Å². The van der Waals surface area contributed by atoms with Gasteiger partial charge in [-0.2, -0.15) is 0 Å². The summed E-state index contributed by atoms with van der Waals surface area (Å²) >= 11 is 0. The Hall–Kier alpha value is -0.460. The molecule has 0 aromatic rings. The van der Waals surface area contributed by atoms with Gasteiger partial charge in [-0.05, 0) is 38.0 Å². The summed E-state index contributed by atoms with van der Waals surface area (Å²) in [5, 5.41) is 0. The van der Waals surface area contributed by atoms with Gasteiger partial charge in [0.15, 0.2) is 0 Å². The van der Waals surface area contributed by atoms with Crippen molar-refractivity contribution in [3.05, 3.63) is 12.3 Å². The molecule has 0 bridgehead atoms. The van der Waals surface area contributed by atoms with E-state index < -0.39 is 0 Å². The third-order valence-electron chi connectivity index (χ3n) is 4.23. The van der Waals surface area contributed by atoms with Gasteiger partial charge in [0.1, 0.15) is 0 Å². The molecule has 15 heavy (non-hydrogen) atoms. The second-order valence-corrected chi connectivity index (χ2v) is 5.26. The van der Waals surface area contributed by atoms with E-state index >= 15 is 0 Å². The first-order valence-electron chi connectivity index (χ1n) is 6.77. The van der Waals surface area contributed by atoms with Crippen LogP contribution in [-0.2, 0) is 0 Å². The third kappa shape index (κ3) is 2.38. The Balaban J connectivity index is 1.99. The summed E-state index contributed by atoms with van der Waals surface area (Å²) in [6.07, 6.45) is 11.1. The molecule has 1 nitrogen and oxygen atoms in total. The van der Waals surface area contributed by atoms with Crippen molar-refractivity contribution in [3.63, 3.8) is 0 Å². The normalized spacial score (nSPS) is 31.5. The van der Waals surface area contributed by atoms with E-state index in [1.165, 1.54) is 63.6 Å². The number of likely N-dealkylation sites (tertiary alicyclic amines) is 1. The molecular formula is C14H25N. The highest BCUT2D eigenvalue weighted by atomic mass is 15.2. The van der Waals surface area contributed by atoms with Crippen LogP contribution in [0.2, 0.25) is 0 Å². The number of fused-ring (bicyclic) bond motifs is 1. The Kier molecular flexibility index (Phi) is 3.71. The van der Waals surface area contributed by atoms with E-state index in [4.69, 9.17) is 0 Å². The van der Waals surface area contributed by atoms with Crippen molar-refractivity contribution in [2.24, 2.45) is 5.92 Å². The lowest BCUT2D eigenvalue weighted by Gasteiger charge is -2.46. The van der Waals surface area contributed by atoms with Crippen LogP contribution in [0.4, 0.5) is 0 Å². The number of hydrogen-bond donors (Lipinski definition) is 0. The minimum atomic E-state index is 0.853. The maximum absolute atomic E-state index is 4.27. The van der Waals surface area contributed by atoms with Crippen molar-refractivity contribution in [1.29, 1.82) is 0 Å². The molecule has 2 rings (SSSR count). The summed E-state index contributed by atoms with van der Waals surface area (Å²) in [5.41, 5.74) is 1.42. The summed E-state index contributed by atoms with van der Waals surface area (Å²) in [6.45, 7) is 7.81. The molecule has 0 aromatic heterocycles. The molecule has 1 aliphatic carbocycles. The van der Waals surface area contributed by atoms with E-state index in [1.54, 1.807) is 0 Å². The second-order valence-electron chi connectivity index (χ2n) is 5.26. The molecule has 2 fully saturated rings. The van der Waals surface area contributed by atoms with Crippen molar-refractivity contribution in [2.75, 3.05) is 6.54 Å². The molecule has 0 spiro atoms. The van der Waals surface area contributed by atoms with Crippen LogP contribution in [0.5, 0.6) is 0 Å². The Morgan fingerprint density at radius 3 is 2.87 bits per heavy atom. The number of piperidine rings is 1. The average molecular weight is 207 g/mol. The maximum atomic E-state index is 4.27. The lowest BCUT2D eigenvalue weighted by atomic mass is 9.77. The molecule has 2 aliphatic rings. The summed E-state index contributed by atoms with van der Waals surface area (Å²) in [5.74, 6) is 0.987. The van der Waals surface area contributed by atoms with Crippen molar-refractivity contribution in [2.45, 2.75) is 64.3 Å². The summed E-state index contributed by atoms with van der Waals surface area (Å²) in [4.78, 5) is 2.65. The van der Waals surface area contributed by atoms with Crippen molar-refractivity contribution < 1.29 is 0 Å². The monoisotopic (exact) mass is 207 g/mol. The molecule has 2 unspecified atom stereocenters. The topological polar surface area (TPSA) is 3.24 Å². The fourth-order valence-corrected chi connectivity index (χ4v) is 3.32. The molecule has 86 valence electrons. The first-order chi connectivity index (χ1) is 7.33. The van der Waals surface area contributed by atoms with Gasteiger partial charge in [0.2, 0.25) is 0 Å². The molecule has 1 heterocycles. The first-order valence-corrected chi connectivity index (χ1v) is 6.77. The lowest BCUT2D eigenvalue weighted by molar-refractivity contribution is 0.0960. The molecule has 1 saturated heterocycles. The summed E-state index contributed by atoms with van der Waals surface area (Å²) in [7, 11) is 0. The quantitative estimate of drug-likeness (QED) is 0.677. The van der Waals surface area contributed by atoms with E-state index in [9.17, 15) is 0 Å². The molecule has 0 radical (unpaired) electrons. The Morgan fingerprint density at radius 1 is 1.27 bits per heavy atom. The van der Waals surface area contributed by atoms with E-state index in [0.29, 0.717) is 0 Å². The molecule has 0 amide bonds. The van der Waals surface area contributed by atoms with Crippen LogP contribution in [0.25, 0.3) is 0 Å². The zero-order valence-electron chi connectivity index (χ0n) is 10.2. The number of hydrogen-bond acceptors (Lipinski definition) is 1. The summed E-state index contributed by atoms with van der Waals surface area (Å²) < 4.78 is 0. The fourth-order valence-electron chi connectivity index (χ4n) is 3.32. The zero-order valence-corrected chi connectivity index (χ0v) is 10.2. The highest BCUT2D eigenvalue weighted by Crippen LogP contribution is 2.38. The molecule has 1 saturated carbocycles. The minimum Gasteiger partial charge on any atom is -0.372 e. The Labute approximate surface area is 94.5 Å². The predicted octanol–water partition coefficient (Wildman–Crippen LogP) is 3.95. The Morgan fingerprint density at radius 2 is 2.07 bits per heavy atom. The molecule has 0 N–H and O–H groups in total. The SMILES string of the molecule is C=C1CCC2CCCCC2N1CCCC. The van der Waals surface area contributed by atoms with Crippen LogP contribution in [-0.4, -0.2) is 17.5 Å². The smallest absolute Gasteiger partial charge is 0.0315 e. The summed E-state index contributed by atoms with van der Waals surface area (Å²) in [6, 6.07) is 0.853. The number of unbranched alkanes of at least 4 members (excludes halogenated alkanes) is 1. The van der Waals surface area contributed by atoms with Crippen molar-refractivity contribution in [3.8, 4) is 0 Å². The largest absolute Gasteiger partial charge is 0.372 e. The fraction of sp³-hybridized carbons (Fsp3) is 0.857. The van der Waals surface area contributed by atoms with Gasteiger partial charge in [0.05, 0.1) is 0 Å². The lowest BCUT2D eigenvalue weighted by Crippen LogP contribution is -2.45.